The SMILES string of the molecule is COc1ccccc1OCC(=O)OCC(=O)NC(C)c1ccccc1OC. The first-order valence-electron chi connectivity index (χ1n) is 8.39. The van der Waals surface area contributed by atoms with Crippen LogP contribution in [0.4, 0.5) is 0 Å². The van der Waals surface area contributed by atoms with Crippen LogP contribution in [0.5, 0.6) is 17.2 Å². The fourth-order valence-corrected chi connectivity index (χ4v) is 2.45. The van der Waals surface area contributed by atoms with Crippen LogP contribution < -0.4 is 19.5 Å². The van der Waals surface area contributed by atoms with Gasteiger partial charge in [0.05, 0.1) is 20.3 Å². The number of hydrogen-bond donors (Lipinski definition) is 1. The number of esters is 1. The van der Waals surface area contributed by atoms with Gasteiger partial charge in [-0.2, -0.15) is 0 Å². The fourth-order valence-electron chi connectivity index (χ4n) is 2.45. The van der Waals surface area contributed by atoms with Gasteiger partial charge in [-0.25, -0.2) is 4.79 Å². The molecule has 1 amide bonds. The van der Waals surface area contributed by atoms with Crippen molar-refractivity contribution in [3.05, 3.63) is 54.1 Å². The van der Waals surface area contributed by atoms with E-state index in [0.29, 0.717) is 17.2 Å². The van der Waals surface area contributed by atoms with E-state index in [1.807, 2.05) is 31.2 Å². The molecule has 1 unspecified atom stereocenters. The zero-order valence-corrected chi connectivity index (χ0v) is 15.6. The van der Waals surface area contributed by atoms with E-state index >= 15 is 0 Å². The first-order valence-corrected chi connectivity index (χ1v) is 8.39. The summed E-state index contributed by atoms with van der Waals surface area (Å²) in [6.07, 6.45) is 0. The van der Waals surface area contributed by atoms with Crippen molar-refractivity contribution in [2.24, 2.45) is 0 Å². The average molecular weight is 373 g/mol. The molecule has 7 heteroatoms. The molecule has 0 saturated heterocycles. The Kier molecular flexibility index (Phi) is 7.49. The van der Waals surface area contributed by atoms with E-state index in [-0.39, 0.29) is 12.6 Å². The van der Waals surface area contributed by atoms with Crippen LogP contribution in [0, 0.1) is 0 Å². The largest absolute Gasteiger partial charge is 0.496 e. The molecule has 0 bridgehead atoms. The Labute approximate surface area is 158 Å². The number of benzene rings is 2. The number of carbonyl (C=O) groups is 2. The second-order valence-corrected chi connectivity index (χ2v) is 5.63. The van der Waals surface area contributed by atoms with Crippen molar-refractivity contribution in [1.82, 2.24) is 5.32 Å². The predicted octanol–water partition coefficient (Wildman–Crippen LogP) is 2.50. The van der Waals surface area contributed by atoms with Gasteiger partial charge in [-0.3, -0.25) is 4.79 Å². The van der Waals surface area contributed by atoms with E-state index in [2.05, 4.69) is 5.32 Å². The lowest BCUT2D eigenvalue weighted by Gasteiger charge is -2.17. The number of nitrogens with one attached hydrogen (secondary N) is 1. The number of rotatable bonds is 9. The summed E-state index contributed by atoms with van der Waals surface area (Å²) in [5.74, 6) is 0.535. The van der Waals surface area contributed by atoms with Gasteiger partial charge in [-0.15, -0.1) is 0 Å². The second kappa shape index (κ2) is 10.1. The van der Waals surface area contributed by atoms with Gasteiger partial charge in [0.2, 0.25) is 0 Å². The number of hydrogen-bond acceptors (Lipinski definition) is 6. The topological polar surface area (TPSA) is 83.1 Å². The van der Waals surface area contributed by atoms with Crippen molar-refractivity contribution in [2.75, 3.05) is 27.4 Å². The van der Waals surface area contributed by atoms with E-state index < -0.39 is 18.5 Å². The molecular formula is C20H23NO6. The number of para-hydroxylation sites is 3. The normalized spacial score (nSPS) is 11.2. The minimum absolute atomic E-state index is 0.294. The van der Waals surface area contributed by atoms with E-state index in [4.69, 9.17) is 18.9 Å². The Bertz CT molecular complexity index is 777. The van der Waals surface area contributed by atoms with Crippen molar-refractivity contribution >= 4 is 11.9 Å². The molecule has 1 N–H and O–H groups in total. The Morgan fingerprint density at radius 2 is 1.48 bits per heavy atom. The van der Waals surface area contributed by atoms with Crippen molar-refractivity contribution in [3.63, 3.8) is 0 Å². The van der Waals surface area contributed by atoms with Crippen LogP contribution in [-0.2, 0) is 14.3 Å². The molecule has 0 aromatic heterocycles. The third-order valence-corrected chi connectivity index (χ3v) is 3.76. The molecule has 0 radical (unpaired) electrons. The summed E-state index contributed by atoms with van der Waals surface area (Å²) in [5.41, 5.74) is 0.833. The molecule has 0 aliphatic rings. The quantitative estimate of drug-likeness (QED) is 0.680. The highest BCUT2D eigenvalue weighted by Gasteiger charge is 2.15. The van der Waals surface area contributed by atoms with Crippen LogP contribution in [0.25, 0.3) is 0 Å². The number of amides is 1. The van der Waals surface area contributed by atoms with E-state index in [9.17, 15) is 9.59 Å². The van der Waals surface area contributed by atoms with Crippen LogP contribution in [-0.4, -0.2) is 39.3 Å². The molecule has 0 aliphatic carbocycles. The zero-order chi connectivity index (χ0) is 19.6. The summed E-state index contributed by atoms with van der Waals surface area (Å²) in [6, 6.07) is 14.0. The Balaban J connectivity index is 1.78. The van der Waals surface area contributed by atoms with Gasteiger partial charge >= 0.3 is 5.97 Å². The molecule has 0 saturated carbocycles. The van der Waals surface area contributed by atoms with Crippen molar-refractivity contribution < 1.29 is 28.5 Å². The Hall–Kier alpha value is -3.22. The van der Waals surface area contributed by atoms with E-state index in [0.717, 1.165) is 5.56 Å². The number of methoxy groups -OCH3 is 2. The average Bonchev–Trinajstić information content (AvgIpc) is 2.70. The molecule has 7 nitrogen and oxygen atoms in total. The fraction of sp³-hybridized carbons (Fsp3) is 0.300. The highest BCUT2D eigenvalue weighted by atomic mass is 16.6. The van der Waals surface area contributed by atoms with Crippen molar-refractivity contribution in [2.45, 2.75) is 13.0 Å². The maximum atomic E-state index is 12.0. The minimum atomic E-state index is -0.652. The molecule has 1 atom stereocenters. The van der Waals surface area contributed by atoms with Gasteiger partial charge in [0.1, 0.15) is 5.75 Å². The lowest BCUT2D eigenvalue weighted by atomic mass is 10.1. The molecule has 27 heavy (non-hydrogen) atoms. The number of carbonyl (C=O) groups excluding carboxylic acids is 2. The Morgan fingerprint density at radius 1 is 0.889 bits per heavy atom. The Morgan fingerprint density at radius 3 is 2.15 bits per heavy atom. The molecule has 0 heterocycles. The van der Waals surface area contributed by atoms with Gasteiger partial charge in [0, 0.05) is 5.56 Å². The molecular weight excluding hydrogens is 350 g/mol. The van der Waals surface area contributed by atoms with Crippen LogP contribution in [0.3, 0.4) is 0 Å². The summed E-state index contributed by atoms with van der Waals surface area (Å²) in [6.45, 7) is 1.10. The third-order valence-electron chi connectivity index (χ3n) is 3.76. The molecule has 0 aliphatic heterocycles. The van der Waals surface area contributed by atoms with Gasteiger partial charge in [0.15, 0.2) is 24.7 Å². The maximum absolute atomic E-state index is 12.0. The first-order chi connectivity index (χ1) is 13.0. The smallest absolute Gasteiger partial charge is 0.344 e. The predicted molar refractivity (Wildman–Crippen MR) is 99.0 cm³/mol. The van der Waals surface area contributed by atoms with Gasteiger partial charge < -0.3 is 24.3 Å². The second-order valence-electron chi connectivity index (χ2n) is 5.63. The summed E-state index contributed by atoms with van der Waals surface area (Å²) in [7, 11) is 3.07. The summed E-state index contributed by atoms with van der Waals surface area (Å²) < 4.78 is 20.7. The molecule has 144 valence electrons. The van der Waals surface area contributed by atoms with Crippen LogP contribution in [0.1, 0.15) is 18.5 Å². The highest BCUT2D eigenvalue weighted by Crippen LogP contribution is 2.26. The van der Waals surface area contributed by atoms with Gasteiger partial charge in [-0.05, 0) is 25.1 Å². The maximum Gasteiger partial charge on any atom is 0.344 e. The lowest BCUT2D eigenvalue weighted by molar-refractivity contribution is -0.150. The lowest BCUT2D eigenvalue weighted by Crippen LogP contribution is -2.32. The molecule has 2 aromatic rings. The summed E-state index contributed by atoms with van der Waals surface area (Å²) in [4.78, 5) is 23.8. The standard InChI is InChI=1S/C20H23NO6/c1-14(15-8-4-5-9-16(15)24-2)21-19(22)12-27-20(23)13-26-18-11-7-6-10-17(18)25-3/h4-11,14H,12-13H2,1-3H3,(H,21,22). The summed E-state index contributed by atoms with van der Waals surface area (Å²) in [5, 5.41) is 2.76. The van der Waals surface area contributed by atoms with E-state index in [1.165, 1.54) is 7.11 Å². The summed E-state index contributed by atoms with van der Waals surface area (Å²) >= 11 is 0. The monoisotopic (exact) mass is 373 g/mol. The number of ether oxygens (including phenoxy) is 4. The minimum Gasteiger partial charge on any atom is -0.496 e. The first kappa shape index (κ1) is 20.1. The van der Waals surface area contributed by atoms with Gasteiger partial charge in [-0.1, -0.05) is 30.3 Å². The van der Waals surface area contributed by atoms with Crippen molar-refractivity contribution in [3.8, 4) is 17.2 Å². The van der Waals surface area contributed by atoms with Gasteiger partial charge in [0.25, 0.3) is 5.91 Å². The highest BCUT2D eigenvalue weighted by molar-refractivity contribution is 5.81. The third kappa shape index (κ3) is 5.91. The van der Waals surface area contributed by atoms with Crippen LogP contribution >= 0.6 is 0 Å². The van der Waals surface area contributed by atoms with Crippen LogP contribution in [0.2, 0.25) is 0 Å². The zero-order valence-electron chi connectivity index (χ0n) is 15.6. The molecule has 0 spiro atoms. The molecule has 0 fully saturated rings. The molecule has 2 aromatic carbocycles. The molecule has 2 rings (SSSR count). The van der Waals surface area contributed by atoms with Crippen LogP contribution in [0.15, 0.2) is 48.5 Å². The van der Waals surface area contributed by atoms with E-state index in [1.54, 1.807) is 31.4 Å². The van der Waals surface area contributed by atoms with Crippen molar-refractivity contribution in [1.29, 1.82) is 0 Å².